The summed E-state index contributed by atoms with van der Waals surface area (Å²) in [6.45, 7) is 3.34. The van der Waals surface area contributed by atoms with Gasteiger partial charge in [-0.3, -0.25) is 9.59 Å². The van der Waals surface area contributed by atoms with Gasteiger partial charge in [0.15, 0.2) is 17.2 Å². The molecule has 31 heavy (non-hydrogen) atoms. The maximum Gasteiger partial charge on any atom is 0.292 e. The second-order valence-electron chi connectivity index (χ2n) is 6.65. The summed E-state index contributed by atoms with van der Waals surface area (Å²) in [4.78, 5) is 25.4. The van der Waals surface area contributed by atoms with Crippen LogP contribution in [0.15, 0.2) is 52.4 Å². The second kappa shape index (κ2) is 8.92. The molecule has 2 N–H and O–H groups in total. The van der Waals surface area contributed by atoms with Crippen molar-refractivity contribution in [3.63, 3.8) is 0 Å². The Hall–Kier alpha value is -4.45. The minimum absolute atomic E-state index is 0.0223. The summed E-state index contributed by atoms with van der Waals surface area (Å²) in [5.74, 6) is -0.444. The molecule has 0 saturated carbocycles. The van der Waals surface area contributed by atoms with Crippen molar-refractivity contribution in [1.29, 1.82) is 5.26 Å². The van der Waals surface area contributed by atoms with E-state index in [1.54, 1.807) is 30.3 Å². The third-order valence-electron chi connectivity index (χ3n) is 4.49. The molecule has 2 aromatic carbocycles. The summed E-state index contributed by atoms with van der Waals surface area (Å²) in [5.41, 5.74) is 3.53. The Labute approximate surface area is 177 Å². The van der Waals surface area contributed by atoms with E-state index >= 15 is 0 Å². The number of benzene rings is 2. The summed E-state index contributed by atoms with van der Waals surface area (Å²) in [6.07, 6.45) is 1.36. The fourth-order valence-corrected chi connectivity index (χ4v) is 2.88. The SMILES string of the molecule is COc1cc(/C=N/NC(=O)c2nn(-c3cccc(C)c3)c(=O)c(C#N)c2C)ccc1O. The van der Waals surface area contributed by atoms with Crippen LogP contribution in [-0.4, -0.2) is 34.1 Å². The van der Waals surface area contributed by atoms with Crippen LogP contribution in [0.5, 0.6) is 11.5 Å². The van der Waals surface area contributed by atoms with Crippen molar-refractivity contribution in [2.24, 2.45) is 5.10 Å². The Kier molecular flexibility index (Phi) is 6.12. The number of amides is 1. The van der Waals surface area contributed by atoms with Gasteiger partial charge in [-0.2, -0.15) is 20.1 Å². The van der Waals surface area contributed by atoms with Gasteiger partial charge in [0, 0.05) is 5.56 Å². The Morgan fingerprint density at radius 3 is 2.74 bits per heavy atom. The summed E-state index contributed by atoms with van der Waals surface area (Å²) >= 11 is 0. The first-order valence-electron chi connectivity index (χ1n) is 9.17. The van der Waals surface area contributed by atoms with E-state index in [2.05, 4.69) is 15.6 Å². The maximum absolute atomic E-state index is 12.7. The van der Waals surface area contributed by atoms with Crippen LogP contribution in [0, 0.1) is 25.2 Å². The van der Waals surface area contributed by atoms with Crippen LogP contribution in [0.1, 0.15) is 32.7 Å². The van der Waals surface area contributed by atoms with Crippen LogP contribution >= 0.6 is 0 Å². The summed E-state index contributed by atoms with van der Waals surface area (Å²) in [6, 6.07) is 13.4. The van der Waals surface area contributed by atoms with Crippen LogP contribution in [0.4, 0.5) is 0 Å². The van der Waals surface area contributed by atoms with Crippen molar-refractivity contribution in [2.75, 3.05) is 7.11 Å². The number of nitriles is 1. The Balaban J connectivity index is 1.95. The van der Waals surface area contributed by atoms with E-state index in [-0.39, 0.29) is 28.3 Å². The quantitative estimate of drug-likeness (QED) is 0.484. The lowest BCUT2D eigenvalue weighted by Crippen LogP contribution is -2.31. The molecule has 3 aromatic rings. The van der Waals surface area contributed by atoms with Gasteiger partial charge in [-0.15, -0.1) is 0 Å². The molecular formula is C22H19N5O4. The molecule has 0 bridgehead atoms. The number of carbonyl (C=O) groups is 1. The van der Waals surface area contributed by atoms with Crippen LogP contribution in [0.2, 0.25) is 0 Å². The highest BCUT2D eigenvalue weighted by molar-refractivity contribution is 5.94. The number of phenolic OH excluding ortho intramolecular Hbond substituents is 1. The Morgan fingerprint density at radius 1 is 1.29 bits per heavy atom. The highest BCUT2D eigenvalue weighted by atomic mass is 16.5. The number of aromatic hydroxyl groups is 1. The molecule has 156 valence electrons. The van der Waals surface area contributed by atoms with E-state index in [0.717, 1.165) is 10.2 Å². The summed E-state index contributed by atoms with van der Waals surface area (Å²) < 4.78 is 6.06. The molecule has 1 amide bonds. The minimum atomic E-state index is -0.683. The van der Waals surface area contributed by atoms with E-state index in [1.165, 1.54) is 26.3 Å². The third-order valence-corrected chi connectivity index (χ3v) is 4.49. The third kappa shape index (κ3) is 4.43. The van der Waals surface area contributed by atoms with Gasteiger partial charge >= 0.3 is 0 Å². The zero-order chi connectivity index (χ0) is 22.5. The number of carbonyl (C=O) groups excluding carboxylic acids is 1. The number of hydrogen-bond donors (Lipinski definition) is 2. The van der Waals surface area contributed by atoms with Gasteiger partial charge in [-0.25, -0.2) is 5.43 Å². The maximum atomic E-state index is 12.7. The lowest BCUT2D eigenvalue weighted by atomic mass is 10.1. The Morgan fingerprint density at radius 2 is 2.06 bits per heavy atom. The monoisotopic (exact) mass is 417 g/mol. The normalized spacial score (nSPS) is 10.6. The van der Waals surface area contributed by atoms with E-state index in [4.69, 9.17) is 4.74 Å². The van der Waals surface area contributed by atoms with Gasteiger partial charge in [-0.05, 0) is 55.3 Å². The molecule has 9 heteroatoms. The van der Waals surface area contributed by atoms with Crippen molar-refractivity contribution >= 4 is 12.1 Å². The predicted molar refractivity (Wildman–Crippen MR) is 114 cm³/mol. The molecule has 0 aliphatic carbocycles. The first kappa shape index (κ1) is 21.3. The molecule has 0 aliphatic heterocycles. The standard InChI is InChI=1S/C22H19N5O4/c1-13-5-4-6-16(9-13)27-22(30)17(11-23)14(2)20(26-27)21(29)25-24-12-15-7-8-18(28)19(10-15)31-3/h4-10,12,28H,1-3H3,(H,25,29)/b24-12+. The number of rotatable bonds is 5. The number of phenols is 1. The number of ether oxygens (including phenoxy) is 1. The number of nitrogens with one attached hydrogen (secondary N) is 1. The summed E-state index contributed by atoms with van der Waals surface area (Å²) in [7, 11) is 1.42. The number of aryl methyl sites for hydroxylation is 1. The van der Waals surface area contributed by atoms with E-state index in [9.17, 15) is 20.0 Å². The van der Waals surface area contributed by atoms with Crippen molar-refractivity contribution in [1.82, 2.24) is 15.2 Å². The first-order valence-corrected chi connectivity index (χ1v) is 9.17. The van der Waals surface area contributed by atoms with Gasteiger partial charge in [0.2, 0.25) is 0 Å². The van der Waals surface area contributed by atoms with E-state index in [1.807, 2.05) is 19.1 Å². The lowest BCUT2D eigenvalue weighted by molar-refractivity contribution is 0.0947. The molecule has 3 rings (SSSR count). The minimum Gasteiger partial charge on any atom is -0.504 e. The van der Waals surface area contributed by atoms with Crippen molar-refractivity contribution in [3.05, 3.63) is 80.8 Å². The van der Waals surface area contributed by atoms with Crippen molar-refractivity contribution in [2.45, 2.75) is 13.8 Å². The van der Waals surface area contributed by atoms with Crippen LogP contribution in [0.3, 0.4) is 0 Å². The number of nitrogens with zero attached hydrogens (tertiary/aromatic N) is 4. The van der Waals surface area contributed by atoms with E-state index < -0.39 is 11.5 Å². The fourth-order valence-electron chi connectivity index (χ4n) is 2.88. The van der Waals surface area contributed by atoms with Gasteiger partial charge in [0.1, 0.15) is 11.6 Å². The average Bonchev–Trinajstić information content (AvgIpc) is 2.75. The molecule has 1 heterocycles. The molecule has 0 aliphatic rings. The number of aromatic nitrogens is 2. The van der Waals surface area contributed by atoms with Crippen LogP contribution in [0.25, 0.3) is 5.69 Å². The zero-order valence-electron chi connectivity index (χ0n) is 17.1. The van der Waals surface area contributed by atoms with E-state index in [0.29, 0.717) is 11.3 Å². The summed E-state index contributed by atoms with van der Waals surface area (Å²) in [5, 5.41) is 27.1. The molecule has 0 saturated heterocycles. The second-order valence-corrected chi connectivity index (χ2v) is 6.65. The molecule has 1 aromatic heterocycles. The highest BCUT2D eigenvalue weighted by Crippen LogP contribution is 2.25. The van der Waals surface area contributed by atoms with Gasteiger partial charge in [0.25, 0.3) is 11.5 Å². The largest absolute Gasteiger partial charge is 0.504 e. The van der Waals surface area contributed by atoms with Gasteiger partial charge < -0.3 is 9.84 Å². The van der Waals surface area contributed by atoms with Gasteiger partial charge in [-0.1, -0.05) is 12.1 Å². The number of hydrazone groups is 1. The molecule has 0 radical (unpaired) electrons. The number of methoxy groups -OCH3 is 1. The molecule has 0 spiro atoms. The van der Waals surface area contributed by atoms with Crippen LogP contribution < -0.4 is 15.7 Å². The highest BCUT2D eigenvalue weighted by Gasteiger charge is 2.20. The topological polar surface area (TPSA) is 130 Å². The average molecular weight is 417 g/mol. The predicted octanol–water partition coefficient (Wildman–Crippen LogP) is 2.20. The van der Waals surface area contributed by atoms with Crippen LogP contribution in [-0.2, 0) is 0 Å². The molecule has 9 nitrogen and oxygen atoms in total. The Bertz CT molecular complexity index is 1290. The molecule has 0 unspecified atom stereocenters. The molecule has 0 fully saturated rings. The zero-order valence-corrected chi connectivity index (χ0v) is 17.1. The van der Waals surface area contributed by atoms with Crippen molar-refractivity contribution in [3.8, 4) is 23.3 Å². The molecular weight excluding hydrogens is 398 g/mol. The lowest BCUT2D eigenvalue weighted by Gasteiger charge is -2.11. The smallest absolute Gasteiger partial charge is 0.292 e. The van der Waals surface area contributed by atoms with Crippen molar-refractivity contribution < 1.29 is 14.6 Å². The van der Waals surface area contributed by atoms with Gasteiger partial charge in [0.05, 0.1) is 19.0 Å². The molecule has 0 atom stereocenters. The fraction of sp³-hybridized carbons (Fsp3) is 0.136. The first-order chi connectivity index (χ1) is 14.8. The number of hydrogen-bond acceptors (Lipinski definition) is 7.